The minimum absolute atomic E-state index is 0.0763. The molecule has 2 aromatic rings. The van der Waals surface area contributed by atoms with Crippen molar-refractivity contribution in [2.75, 3.05) is 50.8 Å². The van der Waals surface area contributed by atoms with Crippen LogP contribution in [0, 0.1) is 17.1 Å². The van der Waals surface area contributed by atoms with Gasteiger partial charge in [0.1, 0.15) is 5.82 Å². The Labute approximate surface area is 237 Å². The number of pyridine rings is 1. The van der Waals surface area contributed by atoms with Crippen LogP contribution in [0.25, 0.3) is 0 Å². The number of hydrogen-bond acceptors (Lipinski definition) is 7. The molecule has 1 aromatic carbocycles. The van der Waals surface area contributed by atoms with Crippen molar-refractivity contribution in [1.82, 2.24) is 20.1 Å². The molecule has 1 aromatic heterocycles. The summed E-state index contributed by atoms with van der Waals surface area (Å²) in [5.41, 5.74) is 3.42. The molecule has 0 spiro atoms. The second kappa shape index (κ2) is 11.5. The minimum atomic E-state index is -0.427. The first kappa shape index (κ1) is 28.6. The van der Waals surface area contributed by atoms with Gasteiger partial charge in [-0.25, -0.2) is 4.39 Å². The van der Waals surface area contributed by atoms with Gasteiger partial charge in [-0.1, -0.05) is 19.9 Å². The standard InChI is InChI=1S/C31H41FN6O2/c1-20-14-36(27(13-34-20)15-37-21(2)17-40-18-22(37)3)16-29(39)38-19-31(4,5)30-28(38)9-23(12-35-30)8-24-6-7-26(32)10-25(24)11-33/h6-7,9-10,12,20-22,27,34H,8,13-19H2,1-5H3/t20-,21-,22-,27-/m1/s1. The number of nitrogens with zero attached hydrogens (tertiary/aromatic N) is 5. The zero-order valence-electron chi connectivity index (χ0n) is 24.3. The molecular formula is C31H41FN6O2. The van der Waals surface area contributed by atoms with Crippen molar-refractivity contribution in [3.8, 4) is 6.07 Å². The number of piperazine rings is 1. The Balaban J connectivity index is 1.36. The van der Waals surface area contributed by atoms with Crippen LogP contribution in [0.3, 0.4) is 0 Å². The third-order valence-electron chi connectivity index (χ3n) is 8.63. The van der Waals surface area contributed by atoms with Gasteiger partial charge in [0.2, 0.25) is 5.91 Å². The molecule has 2 saturated heterocycles. The SMILES string of the molecule is C[C@@H]1CN(CC(=O)N2CC(C)(C)c3ncc(Cc4ccc(F)cc4C#N)cc32)[C@@H](CN2[C@H](C)COC[C@H]2C)CN1. The van der Waals surface area contributed by atoms with Gasteiger partial charge < -0.3 is 15.0 Å². The monoisotopic (exact) mass is 548 g/mol. The number of amides is 1. The summed E-state index contributed by atoms with van der Waals surface area (Å²) in [6.45, 7) is 15.8. The fraction of sp³-hybridized carbons (Fsp3) is 0.581. The predicted molar refractivity (Wildman–Crippen MR) is 153 cm³/mol. The van der Waals surface area contributed by atoms with Gasteiger partial charge in [-0.2, -0.15) is 5.26 Å². The van der Waals surface area contributed by atoms with Gasteiger partial charge in [0.15, 0.2) is 0 Å². The van der Waals surface area contributed by atoms with E-state index in [1.165, 1.54) is 12.1 Å². The van der Waals surface area contributed by atoms with Crippen LogP contribution < -0.4 is 10.2 Å². The molecule has 0 aliphatic carbocycles. The lowest BCUT2D eigenvalue weighted by molar-refractivity contribution is -0.121. The summed E-state index contributed by atoms with van der Waals surface area (Å²) >= 11 is 0. The highest BCUT2D eigenvalue weighted by Gasteiger charge is 2.41. The summed E-state index contributed by atoms with van der Waals surface area (Å²) in [5.74, 6) is -0.351. The number of aromatic nitrogens is 1. The van der Waals surface area contributed by atoms with Crippen LogP contribution in [0.5, 0.6) is 0 Å². The van der Waals surface area contributed by atoms with E-state index in [2.05, 4.69) is 55.8 Å². The summed E-state index contributed by atoms with van der Waals surface area (Å²) in [7, 11) is 0. The smallest absolute Gasteiger partial charge is 0.241 e. The molecule has 3 aliphatic rings. The van der Waals surface area contributed by atoms with E-state index in [9.17, 15) is 14.4 Å². The highest BCUT2D eigenvalue weighted by molar-refractivity contribution is 5.97. The lowest BCUT2D eigenvalue weighted by Crippen LogP contribution is -2.63. The Morgan fingerprint density at radius 1 is 1.23 bits per heavy atom. The highest BCUT2D eigenvalue weighted by Crippen LogP contribution is 2.40. The average Bonchev–Trinajstić information content (AvgIpc) is 3.18. The second-order valence-corrected chi connectivity index (χ2v) is 12.5. The molecule has 40 heavy (non-hydrogen) atoms. The average molecular weight is 549 g/mol. The van der Waals surface area contributed by atoms with Crippen LogP contribution in [-0.4, -0.2) is 90.8 Å². The Morgan fingerprint density at radius 2 is 1.98 bits per heavy atom. The summed E-state index contributed by atoms with van der Waals surface area (Å²) in [4.78, 5) is 25.5. The van der Waals surface area contributed by atoms with E-state index >= 15 is 0 Å². The molecule has 8 nitrogen and oxygen atoms in total. The number of nitriles is 1. The topological polar surface area (TPSA) is 84.7 Å². The van der Waals surface area contributed by atoms with Crippen LogP contribution in [0.4, 0.5) is 10.1 Å². The van der Waals surface area contributed by atoms with Crippen LogP contribution in [0.1, 0.15) is 57.0 Å². The Hall–Kier alpha value is -2.90. The quantitative estimate of drug-likeness (QED) is 0.594. The van der Waals surface area contributed by atoms with Gasteiger partial charge in [0.25, 0.3) is 0 Å². The maximum Gasteiger partial charge on any atom is 0.241 e. The molecule has 1 N–H and O–H groups in total. The number of halogens is 1. The largest absolute Gasteiger partial charge is 0.378 e. The molecule has 2 fully saturated rings. The lowest BCUT2D eigenvalue weighted by Gasteiger charge is -2.46. The van der Waals surface area contributed by atoms with Gasteiger partial charge in [-0.3, -0.25) is 19.6 Å². The molecule has 5 rings (SSSR count). The molecule has 4 heterocycles. The van der Waals surface area contributed by atoms with E-state index in [1.54, 1.807) is 6.07 Å². The Bertz CT molecular complexity index is 1280. The van der Waals surface area contributed by atoms with Crippen LogP contribution in [0.2, 0.25) is 0 Å². The van der Waals surface area contributed by atoms with Crippen molar-refractivity contribution in [3.05, 3.63) is 58.7 Å². The van der Waals surface area contributed by atoms with Crippen LogP contribution >= 0.6 is 0 Å². The van der Waals surface area contributed by atoms with E-state index in [4.69, 9.17) is 9.72 Å². The summed E-state index contributed by atoms with van der Waals surface area (Å²) in [6.07, 6.45) is 2.26. The third kappa shape index (κ3) is 5.91. The van der Waals surface area contributed by atoms with Crippen molar-refractivity contribution < 1.29 is 13.9 Å². The molecule has 0 unspecified atom stereocenters. The van der Waals surface area contributed by atoms with Crippen molar-refractivity contribution in [1.29, 1.82) is 5.26 Å². The molecule has 1 amide bonds. The van der Waals surface area contributed by atoms with E-state index in [-0.39, 0.29) is 17.4 Å². The normalized spacial score (nSPS) is 26.9. The third-order valence-corrected chi connectivity index (χ3v) is 8.63. The van der Waals surface area contributed by atoms with Crippen LogP contribution in [0.15, 0.2) is 30.5 Å². The van der Waals surface area contributed by atoms with Gasteiger partial charge in [-0.15, -0.1) is 0 Å². The number of benzene rings is 1. The molecular weight excluding hydrogens is 507 g/mol. The number of hydrogen-bond donors (Lipinski definition) is 1. The fourth-order valence-corrected chi connectivity index (χ4v) is 6.43. The van der Waals surface area contributed by atoms with Crippen molar-refractivity contribution in [2.24, 2.45) is 0 Å². The summed E-state index contributed by atoms with van der Waals surface area (Å²) in [5, 5.41) is 13.1. The first-order valence-corrected chi connectivity index (χ1v) is 14.3. The zero-order chi connectivity index (χ0) is 28.6. The number of ether oxygens (including phenoxy) is 1. The van der Waals surface area contributed by atoms with Gasteiger partial charge in [0, 0.05) is 68.4 Å². The summed E-state index contributed by atoms with van der Waals surface area (Å²) in [6, 6.07) is 9.63. The number of carbonyl (C=O) groups excluding carboxylic acids is 1. The predicted octanol–water partition coefficient (Wildman–Crippen LogP) is 3.08. The lowest BCUT2D eigenvalue weighted by atomic mass is 9.91. The Kier molecular flexibility index (Phi) is 8.25. The van der Waals surface area contributed by atoms with E-state index in [0.29, 0.717) is 43.2 Å². The van der Waals surface area contributed by atoms with Crippen molar-refractivity contribution in [2.45, 2.75) is 70.6 Å². The van der Waals surface area contributed by atoms with Gasteiger partial charge in [-0.05, 0) is 50.1 Å². The molecule has 0 radical (unpaired) electrons. The molecule has 4 atom stereocenters. The first-order chi connectivity index (χ1) is 19.1. The number of fused-ring (bicyclic) bond motifs is 1. The van der Waals surface area contributed by atoms with E-state index in [1.807, 2.05) is 17.2 Å². The molecule has 214 valence electrons. The second-order valence-electron chi connectivity index (χ2n) is 12.5. The van der Waals surface area contributed by atoms with Crippen LogP contribution in [-0.2, 0) is 21.4 Å². The van der Waals surface area contributed by atoms with E-state index in [0.717, 1.165) is 55.4 Å². The molecule has 9 heteroatoms. The maximum atomic E-state index is 14.0. The summed E-state index contributed by atoms with van der Waals surface area (Å²) < 4.78 is 19.4. The van der Waals surface area contributed by atoms with Crippen molar-refractivity contribution in [3.63, 3.8) is 0 Å². The highest BCUT2D eigenvalue weighted by atomic mass is 19.1. The molecule has 3 aliphatic heterocycles. The minimum Gasteiger partial charge on any atom is -0.378 e. The molecule has 0 saturated carbocycles. The fourth-order valence-electron chi connectivity index (χ4n) is 6.43. The number of anilines is 1. The molecule has 0 bridgehead atoms. The number of nitrogens with one attached hydrogen (secondary N) is 1. The van der Waals surface area contributed by atoms with Crippen molar-refractivity contribution >= 4 is 11.6 Å². The van der Waals surface area contributed by atoms with Gasteiger partial charge in [0.05, 0.1) is 42.8 Å². The van der Waals surface area contributed by atoms with E-state index < -0.39 is 5.82 Å². The first-order valence-electron chi connectivity index (χ1n) is 14.3. The van der Waals surface area contributed by atoms with Gasteiger partial charge >= 0.3 is 0 Å². The number of carbonyl (C=O) groups is 1. The zero-order valence-corrected chi connectivity index (χ0v) is 24.3. The number of morpholine rings is 1. The Morgan fingerprint density at radius 3 is 2.70 bits per heavy atom. The maximum absolute atomic E-state index is 14.0. The number of rotatable bonds is 6.